The molecule has 0 aliphatic rings. The van der Waals surface area contributed by atoms with E-state index in [1.165, 1.54) is 5.56 Å². The Morgan fingerprint density at radius 2 is 1.71 bits per heavy atom. The lowest BCUT2D eigenvalue weighted by molar-refractivity contribution is 0.1000. The average Bonchev–Trinajstić information content (AvgIpc) is 2.46. The summed E-state index contributed by atoms with van der Waals surface area (Å²) < 4.78 is 0. The predicted molar refractivity (Wildman–Crippen MR) is 87.7 cm³/mol. The average molecular weight is 280 g/mol. The molecule has 0 unspecified atom stereocenters. The molecule has 3 heteroatoms. The summed E-state index contributed by atoms with van der Waals surface area (Å²) in [5.74, 6) is -0.406. The van der Waals surface area contributed by atoms with Gasteiger partial charge in [0.25, 0.3) is 0 Å². The number of carbonyl (C=O) groups is 1. The zero-order chi connectivity index (χ0) is 15.2. The summed E-state index contributed by atoms with van der Waals surface area (Å²) in [5.41, 5.74) is 9.11. The molecule has 1 amide bonds. The smallest absolute Gasteiger partial charge is 0.249 e. The topological polar surface area (TPSA) is 46.3 Å². The van der Waals surface area contributed by atoms with E-state index in [0.29, 0.717) is 5.56 Å². The van der Waals surface area contributed by atoms with Crippen LogP contribution in [0.3, 0.4) is 0 Å². The van der Waals surface area contributed by atoms with Gasteiger partial charge in [-0.15, -0.1) is 0 Å². The van der Waals surface area contributed by atoms with Gasteiger partial charge < -0.3 is 10.6 Å². The molecule has 2 aromatic rings. The van der Waals surface area contributed by atoms with Gasteiger partial charge in [0.05, 0.1) is 0 Å². The maximum atomic E-state index is 11.4. The van der Waals surface area contributed by atoms with Crippen LogP contribution in [-0.2, 0) is 6.54 Å². The van der Waals surface area contributed by atoms with Gasteiger partial charge >= 0.3 is 0 Å². The first-order chi connectivity index (χ1) is 10.1. The zero-order valence-corrected chi connectivity index (χ0v) is 12.4. The molecule has 0 spiro atoms. The number of amides is 1. The van der Waals surface area contributed by atoms with Gasteiger partial charge in [-0.1, -0.05) is 54.6 Å². The third-order valence-corrected chi connectivity index (χ3v) is 3.16. The van der Waals surface area contributed by atoms with Crippen molar-refractivity contribution < 1.29 is 4.79 Å². The van der Waals surface area contributed by atoms with E-state index >= 15 is 0 Å². The fraction of sp³-hybridized carbons (Fsp3) is 0.167. The molecule has 0 aliphatic carbocycles. The number of hydrogen-bond acceptors (Lipinski definition) is 2. The molecular formula is C18H20N2O. The Bertz CT molecular complexity index is 643. The highest BCUT2D eigenvalue weighted by Crippen LogP contribution is 2.14. The molecule has 0 bridgehead atoms. The summed E-state index contributed by atoms with van der Waals surface area (Å²) in [4.78, 5) is 13.5. The molecule has 0 saturated heterocycles. The van der Waals surface area contributed by atoms with Gasteiger partial charge in [-0.2, -0.15) is 0 Å². The first kappa shape index (κ1) is 15.0. The van der Waals surface area contributed by atoms with Gasteiger partial charge in [-0.25, -0.2) is 0 Å². The van der Waals surface area contributed by atoms with Crippen LogP contribution >= 0.6 is 0 Å². The Kier molecular flexibility index (Phi) is 4.90. The highest BCUT2D eigenvalue weighted by atomic mass is 16.1. The number of hydrogen-bond donors (Lipinski definition) is 1. The van der Waals surface area contributed by atoms with Crippen LogP contribution in [0, 0.1) is 0 Å². The molecule has 2 N–H and O–H groups in total. The van der Waals surface area contributed by atoms with Crippen LogP contribution in [0.2, 0.25) is 0 Å². The van der Waals surface area contributed by atoms with Crippen LogP contribution < -0.4 is 5.73 Å². The number of nitrogens with two attached hydrogens (primary N) is 1. The monoisotopic (exact) mass is 280 g/mol. The second-order valence-electron chi connectivity index (χ2n) is 5.26. The molecule has 2 rings (SSSR count). The van der Waals surface area contributed by atoms with E-state index in [1.807, 2.05) is 30.4 Å². The van der Waals surface area contributed by atoms with E-state index < -0.39 is 5.91 Å². The molecule has 0 fully saturated rings. The first-order valence-corrected chi connectivity index (χ1v) is 6.87. The van der Waals surface area contributed by atoms with Crippen LogP contribution in [0.4, 0.5) is 0 Å². The van der Waals surface area contributed by atoms with Gasteiger partial charge in [-0.3, -0.25) is 4.79 Å². The fourth-order valence-corrected chi connectivity index (χ4v) is 2.15. The van der Waals surface area contributed by atoms with E-state index in [0.717, 1.165) is 17.7 Å². The molecule has 0 atom stereocenters. The zero-order valence-electron chi connectivity index (χ0n) is 12.4. The number of carbonyl (C=O) groups excluding carboxylic acids is 1. The minimum atomic E-state index is -0.406. The molecule has 21 heavy (non-hydrogen) atoms. The Morgan fingerprint density at radius 3 is 2.33 bits per heavy atom. The lowest BCUT2D eigenvalue weighted by Gasteiger charge is -2.09. The van der Waals surface area contributed by atoms with Crippen molar-refractivity contribution in [2.45, 2.75) is 6.54 Å². The largest absolute Gasteiger partial charge is 0.366 e. The van der Waals surface area contributed by atoms with Crippen molar-refractivity contribution >= 4 is 18.1 Å². The Hall–Kier alpha value is -2.39. The van der Waals surface area contributed by atoms with Crippen molar-refractivity contribution in [2.24, 2.45) is 5.73 Å². The van der Waals surface area contributed by atoms with Crippen LogP contribution in [-0.4, -0.2) is 24.9 Å². The Labute approximate surface area is 125 Å². The van der Waals surface area contributed by atoms with Crippen molar-refractivity contribution in [3.05, 3.63) is 70.8 Å². The van der Waals surface area contributed by atoms with Crippen molar-refractivity contribution in [3.63, 3.8) is 0 Å². The van der Waals surface area contributed by atoms with Gasteiger partial charge in [0.15, 0.2) is 0 Å². The second kappa shape index (κ2) is 6.86. The van der Waals surface area contributed by atoms with Crippen LogP contribution in [0.5, 0.6) is 0 Å². The van der Waals surface area contributed by atoms with Gasteiger partial charge in [0.2, 0.25) is 5.91 Å². The van der Waals surface area contributed by atoms with Gasteiger partial charge in [0, 0.05) is 12.1 Å². The molecular weight excluding hydrogens is 260 g/mol. The summed E-state index contributed by atoms with van der Waals surface area (Å²) >= 11 is 0. The minimum Gasteiger partial charge on any atom is -0.366 e. The maximum absolute atomic E-state index is 11.4. The van der Waals surface area contributed by atoms with E-state index in [2.05, 4.69) is 43.3 Å². The second-order valence-corrected chi connectivity index (χ2v) is 5.26. The SMILES string of the molecule is CN(C)Cc1ccc(/C=C/c2ccccc2C(N)=O)cc1. The Morgan fingerprint density at radius 1 is 1.05 bits per heavy atom. The van der Waals surface area contributed by atoms with Crippen molar-refractivity contribution in [1.29, 1.82) is 0 Å². The summed E-state index contributed by atoms with van der Waals surface area (Å²) in [6.45, 7) is 0.925. The van der Waals surface area contributed by atoms with E-state index in [9.17, 15) is 4.79 Å². The van der Waals surface area contributed by atoms with Crippen LogP contribution in [0.25, 0.3) is 12.2 Å². The molecule has 0 aromatic heterocycles. The molecule has 3 nitrogen and oxygen atoms in total. The van der Waals surface area contributed by atoms with E-state index in [-0.39, 0.29) is 0 Å². The third-order valence-electron chi connectivity index (χ3n) is 3.16. The van der Waals surface area contributed by atoms with Crippen LogP contribution in [0.15, 0.2) is 48.5 Å². The van der Waals surface area contributed by atoms with Crippen molar-refractivity contribution in [1.82, 2.24) is 4.90 Å². The summed E-state index contributed by atoms with van der Waals surface area (Å²) in [6.07, 6.45) is 3.91. The fourth-order valence-electron chi connectivity index (χ4n) is 2.15. The molecule has 0 heterocycles. The third kappa shape index (κ3) is 4.29. The first-order valence-electron chi connectivity index (χ1n) is 6.87. The van der Waals surface area contributed by atoms with Crippen molar-refractivity contribution in [3.8, 4) is 0 Å². The molecule has 2 aromatic carbocycles. The summed E-state index contributed by atoms with van der Waals surface area (Å²) in [5, 5.41) is 0. The van der Waals surface area contributed by atoms with E-state index in [1.54, 1.807) is 6.07 Å². The van der Waals surface area contributed by atoms with E-state index in [4.69, 9.17) is 5.73 Å². The molecule has 0 radical (unpaired) electrons. The summed E-state index contributed by atoms with van der Waals surface area (Å²) in [7, 11) is 4.10. The minimum absolute atomic E-state index is 0.406. The maximum Gasteiger partial charge on any atom is 0.249 e. The Balaban J connectivity index is 2.16. The lowest BCUT2D eigenvalue weighted by atomic mass is 10.0. The number of nitrogens with zero attached hydrogens (tertiary/aromatic N) is 1. The lowest BCUT2D eigenvalue weighted by Crippen LogP contribution is -2.12. The highest BCUT2D eigenvalue weighted by molar-refractivity contribution is 5.97. The molecule has 108 valence electrons. The highest BCUT2D eigenvalue weighted by Gasteiger charge is 2.03. The number of benzene rings is 2. The van der Waals surface area contributed by atoms with Crippen molar-refractivity contribution in [2.75, 3.05) is 14.1 Å². The molecule has 0 aliphatic heterocycles. The van der Waals surface area contributed by atoms with Gasteiger partial charge in [0.1, 0.15) is 0 Å². The molecule has 0 saturated carbocycles. The number of rotatable bonds is 5. The standard InChI is InChI=1S/C18H20N2O/c1-20(2)13-15-9-7-14(8-10-15)11-12-16-5-3-4-6-17(16)18(19)21/h3-12H,13H2,1-2H3,(H2,19,21)/b12-11+. The predicted octanol–water partition coefficient (Wildman–Crippen LogP) is 3.02. The quantitative estimate of drug-likeness (QED) is 0.856. The van der Waals surface area contributed by atoms with Crippen LogP contribution in [0.1, 0.15) is 27.0 Å². The normalized spacial score (nSPS) is 11.2. The summed E-state index contributed by atoms with van der Waals surface area (Å²) in [6, 6.07) is 15.7. The number of primary amides is 1. The van der Waals surface area contributed by atoms with Gasteiger partial charge in [-0.05, 0) is 36.9 Å².